The van der Waals surface area contributed by atoms with Crippen LogP contribution in [0.3, 0.4) is 0 Å². The summed E-state index contributed by atoms with van der Waals surface area (Å²) in [7, 11) is 3.96. The van der Waals surface area contributed by atoms with Crippen molar-refractivity contribution in [3.05, 3.63) is 59.4 Å². The fraction of sp³-hybridized carbons (Fsp3) is 0.391. The van der Waals surface area contributed by atoms with Gasteiger partial charge in [0, 0.05) is 45.1 Å². The standard InChI is InChI=1S/C23H29FN4O3/c1-16-4-7-18(14-20(16)24)26-23(30)22(29)25-15-21(28-10-12-31-13-11-28)17-5-8-19(9-6-17)27(2)3/h4-9,14,21H,10-13,15H2,1-3H3,(H,25,29)(H,26,30). The zero-order valence-corrected chi connectivity index (χ0v) is 18.2. The number of aryl methyl sites for hydroxylation is 1. The summed E-state index contributed by atoms with van der Waals surface area (Å²) in [6.07, 6.45) is 0. The molecule has 1 atom stereocenters. The van der Waals surface area contributed by atoms with E-state index in [2.05, 4.69) is 15.5 Å². The number of nitrogens with zero attached hydrogens (tertiary/aromatic N) is 2. The molecule has 0 radical (unpaired) electrons. The minimum atomic E-state index is -0.827. The lowest BCUT2D eigenvalue weighted by atomic mass is 10.0. The lowest BCUT2D eigenvalue weighted by molar-refractivity contribution is -0.136. The van der Waals surface area contributed by atoms with Gasteiger partial charge in [0.05, 0.1) is 19.3 Å². The van der Waals surface area contributed by atoms with E-state index in [1.807, 2.05) is 43.3 Å². The van der Waals surface area contributed by atoms with Gasteiger partial charge in [-0.25, -0.2) is 4.39 Å². The van der Waals surface area contributed by atoms with Crippen molar-refractivity contribution in [2.75, 3.05) is 57.2 Å². The predicted molar refractivity (Wildman–Crippen MR) is 119 cm³/mol. The van der Waals surface area contributed by atoms with Crippen LogP contribution >= 0.6 is 0 Å². The second kappa shape index (κ2) is 10.4. The summed E-state index contributed by atoms with van der Waals surface area (Å²) in [5, 5.41) is 5.17. The van der Waals surface area contributed by atoms with Crippen molar-refractivity contribution < 1.29 is 18.7 Å². The van der Waals surface area contributed by atoms with Gasteiger partial charge in [0.2, 0.25) is 0 Å². The molecule has 1 unspecified atom stereocenters. The van der Waals surface area contributed by atoms with Crippen molar-refractivity contribution in [3.63, 3.8) is 0 Å². The maximum Gasteiger partial charge on any atom is 0.313 e. The second-order valence-electron chi connectivity index (χ2n) is 7.78. The third-order valence-electron chi connectivity index (χ3n) is 5.37. The van der Waals surface area contributed by atoms with Crippen LogP contribution in [-0.2, 0) is 14.3 Å². The highest BCUT2D eigenvalue weighted by Crippen LogP contribution is 2.24. The smallest absolute Gasteiger partial charge is 0.313 e. The van der Waals surface area contributed by atoms with E-state index in [0.29, 0.717) is 18.8 Å². The van der Waals surface area contributed by atoms with Crippen molar-refractivity contribution in [2.45, 2.75) is 13.0 Å². The van der Waals surface area contributed by atoms with Crippen molar-refractivity contribution in [1.29, 1.82) is 0 Å². The molecule has 3 rings (SSSR count). The van der Waals surface area contributed by atoms with Crippen LogP contribution < -0.4 is 15.5 Å². The summed E-state index contributed by atoms with van der Waals surface area (Å²) in [6.45, 7) is 4.63. The SMILES string of the molecule is Cc1ccc(NC(=O)C(=O)NCC(c2ccc(N(C)C)cc2)N2CCOCC2)cc1F. The molecule has 0 aromatic heterocycles. The molecule has 2 aromatic carbocycles. The van der Waals surface area contributed by atoms with E-state index in [9.17, 15) is 14.0 Å². The summed E-state index contributed by atoms with van der Waals surface area (Å²) in [4.78, 5) is 28.9. The molecule has 0 bridgehead atoms. The van der Waals surface area contributed by atoms with Crippen LogP contribution in [0.25, 0.3) is 0 Å². The number of nitrogens with one attached hydrogen (secondary N) is 2. The zero-order valence-electron chi connectivity index (χ0n) is 18.2. The van der Waals surface area contributed by atoms with Crippen LogP contribution in [0.5, 0.6) is 0 Å². The molecule has 7 nitrogen and oxygen atoms in total. The summed E-state index contributed by atoms with van der Waals surface area (Å²) in [5.74, 6) is -2.03. The summed E-state index contributed by atoms with van der Waals surface area (Å²) < 4.78 is 19.1. The second-order valence-corrected chi connectivity index (χ2v) is 7.78. The highest BCUT2D eigenvalue weighted by atomic mass is 19.1. The number of halogens is 1. The number of ether oxygens (including phenoxy) is 1. The van der Waals surface area contributed by atoms with Crippen LogP contribution in [0.1, 0.15) is 17.2 Å². The lowest BCUT2D eigenvalue weighted by Crippen LogP contribution is -2.45. The van der Waals surface area contributed by atoms with E-state index >= 15 is 0 Å². The average molecular weight is 429 g/mol. The van der Waals surface area contributed by atoms with E-state index < -0.39 is 17.6 Å². The van der Waals surface area contributed by atoms with Gasteiger partial charge in [0.25, 0.3) is 0 Å². The van der Waals surface area contributed by atoms with Crippen molar-refractivity contribution >= 4 is 23.2 Å². The Balaban J connectivity index is 1.66. The molecule has 0 aliphatic carbocycles. The summed E-state index contributed by atoms with van der Waals surface area (Å²) in [6, 6.07) is 12.4. The molecule has 8 heteroatoms. The van der Waals surface area contributed by atoms with E-state index in [0.717, 1.165) is 24.3 Å². The van der Waals surface area contributed by atoms with Gasteiger partial charge >= 0.3 is 11.8 Å². The van der Waals surface area contributed by atoms with Gasteiger partial charge in [-0.3, -0.25) is 14.5 Å². The van der Waals surface area contributed by atoms with E-state index in [1.54, 1.807) is 19.1 Å². The number of amides is 2. The van der Waals surface area contributed by atoms with Gasteiger partial charge in [-0.1, -0.05) is 18.2 Å². The average Bonchev–Trinajstić information content (AvgIpc) is 2.77. The zero-order chi connectivity index (χ0) is 22.4. The molecule has 1 saturated heterocycles. The molecule has 1 fully saturated rings. The van der Waals surface area contributed by atoms with Crippen molar-refractivity contribution in [3.8, 4) is 0 Å². The van der Waals surface area contributed by atoms with E-state index in [1.165, 1.54) is 6.07 Å². The van der Waals surface area contributed by atoms with E-state index in [-0.39, 0.29) is 18.3 Å². The Kier molecular flexibility index (Phi) is 7.59. The normalized spacial score (nSPS) is 15.2. The molecular formula is C23H29FN4O3. The van der Waals surface area contributed by atoms with Gasteiger partial charge < -0.3 is 20.3 Å². The van der Waals surface area contributed by atoms with Gasteiger partial charge in [0.1, 0.15) is 5.82 Å². The molecule has 1 aliphatic rings. The van der Waals surface area contributed by atoms with Crippen molar-refractivity contribution in [1.82, 2.24) is 10.2 Å². The predicted octanol–water partition coefficient (Wildman–Crippen LogP) is 2.33. The molecule has 0 spiro atoms. The van der Waals surface area contributed by atoms with Gasteiger partial charge in [-0.05, 0) is 42.3 Å². The summed E-state index contributed by atoms with van der Waals surface area (Å²) in [5.41, 5.74) is 2.84. The Morgan fingerprint density at radius 2 is 1.77 bits per heavy atom. The van der Waals surface area contributed by atoms with Crippen LogP contribution in [-0.4, -0.2) is 63.7 Å². The third kappa shape index (κ3) is 6.02. The number of anilines is 2. The molecule has 2 amide bonds. The number of benzene rings is 2. The Bertz CT molecular complexity index is 912. The largest absolute Gasteiger partial charge is 0.379 e. The van der Waals surface area contributed by atoms with E-state index in [4.69, 9.17) is 4.74 Å². The number of carbonyl (C=O) groups is 2. The Morgan fingerprint density at radius 1 is 1.10 bits per heavy atom. The lowest BCUT2D eigenvalue weighted by Gasteiger charge is -2.35. The van der Waals surface area contributed by atoms with Gasteiger partial charge in [0.15, 0.2) is 0 Å². The number of hydrogen-bond acceptors (Lipinski definition) is 5. The molecule has 2 aromatic rings. The summed E-state index contributed by atoms with van der Waals surface area (Å²) >= 11 is 0. The molecule has 2 N–H and O–H groups in total. The van der Waals surface area contributed by atoms with Crippen LogP contribution in [0, 0.1) is 12.7 Å². The molecule has 0 saturated carbocycles. The minimum Gasteiger partial charge on any atom is -0.379 e. The van der Waals surface area contributed by atoms with Crippen molar-refractivity contribution in [2.24, 2.45) is 0 Å². The maximum atomic E-state index is 13.7. The first-order valence-corrected chi connectivity index (χ1v) is 10.3. The fourth-order valence-corrected chi connectivity index (χ4v) is 3.47. The van der Waals surface area contributed by atoms with Crippen LogP contribution in [0.2, 0.25) is 0 Å². The Labute approximate surface area is 182 Å². The minimum absolute atomic E-state index is 0.0892. The molecule has 31 heavy (non-hydrogen) atoms. The molecular weight excluding hydrogens is 399 g/mol. The Morgan fingerprint density at radius 3 is 2.39 bits per heavy atom. The number of hydrogen-bond donors (Lipinski definition) is 2. The first-order chi connectivity index (χ1) is 14.8. The van der Waals surface area contributed by atoms with Gasteiger partial charge in [-0.15, -0.1) is 0 Å². The van der Waals surface area contributed by atoms with Gasteiger partial charge in [-0.2, -0.15) is 0 Å². The molecule has 1 aliphatic heterocycles. The maximum absolute atomic E-state index is 13.7. The highest BCUT2D eigenvalue weighted by Gasteiger charge is 2.24. The molecule has 1 heterocycles. The topological polar surface area (TPSA) is 73.9 Å². The van der Waals surface area contributed by atoms with Crippen LogP contribution in [0.4, 0.5) is 15.8 Å². The fourth-order valence-electron chi connectivity index (χ4n) is 3.47. The first kappa shape index (κ1) is 22.7. The first-order valence-electron chi connectivity index (χ1n) is 10.3. The highest BCUT2D eigenvalue weighted by molar-refractivity contribution is 6.39. The molecule has 166 valence electrons. The Hall–Kier alpha value is -2.97. The van der Waals surface area contributed by atoms with Crippen LogP contribution in [0.15, 0.2) is 42.5 Å². The number of morpholine rings is 1. The number of rotatable bonds is 6. The quantitative estimate of drug-likeness (QED) is 0.691. The monoisotopic (exact) mass is 428 g/mol. The third-order valence-corrected chi connectivity index (χ3v) is 5.37. The number of carbonyl (C=O) groups excluding carboxylic acids is 2.